The normalized spacial score (nSPS) is 41.5. The lowest BCUT2D eigenvalue weighted by atomic mass is 10.1. The number of hydrogen-bond acceptors (Lipinski definition) is 2. The Morgan fingerprint density at radius 2 is 2.45 bits per heavy atom. The highest BCUT2D eigenvalue weighted by molar-refractivity contribution is 5.65. The highest BCUT2D eigenvalue weighted by Gasteiger charge is 2.54. The molecule has 0 bridgehead atoms. The van der Waals surface area contributed by atoms with Crippen molar-refractivity contribution in [2.24, 2.45) is 11.7 Å². The third kappa shape index (κ3) is 0.976. The number of nitrogens with two attached hydrogens (primary N) is 1. The van der Waals surface area contributed by atoms with Crippen LogP contribution in [0.3, 0.4) is 0 Å². The molecule has 2 rings (SSSR count). The summed E-state index contributed by atoms with van der Waals surface area (Å²) in [7, 11) is 0. The van der Waals surface area contributed by atoms with E-state index in [4.69, 9.17) is 10.8 Å². The first-order chi connectivity index (χ1) is 5.12. The number of rotatable bonds is 0. The monoisotopic (exact) mass is 156 g/mol. The van der Waals surface area contributed by atoms with Crippen molar-refractivity contribution in [1.29, 1.82) is 0 Å². The van der Waals surface area contributed by atoms with Gasteiger partial charge in [0, 0.05) is 18.6 Å². The maximum Gasteiger partial charge on any atom is 0.407 e. The summed E-state index contributed by atoms with van der Waals surface area (Å²) in [4.78, 5) is 12.0. The Morgan fingerprint density at radius 3 is 3.00 bits per heavy atom. The minimum atomic E-state index is -0.833. The predicted octanol–water partition coefficient (Wildman–Crippen LogP) is 0.0875. The average Bonchev–Trinajstić information content (AvgIpc) is 2.58. The summed E-state index contributed by atoms with van der Waals surface area (Å²) in [5, 5.41) is 8.66. The van der Waals surface area contributed by atoms with Gasteiger partial charge in [0.15, 0.2) is 0 Å². The summed E-state index contributed by atoms with van der Waals surface area (Å²) in [5.74, 6) is 0.595. The SMILES string of the molecule is NC12CC1CCN(C(=O)O)C2. The van der Waals surface area contributed by atoms with E-state index in [1.807, 2.05) is 0 Å². The zero-order valence-corrected chi connectivity index (χ0v) is 6.29. The van der Waals surface area contributed by atoms with Crippen LogP contribution in [0.2, 0.25) is 0 Å². The second kappa shape index (κ2) is 1.88. The Kier molecular flexibility index (Phi) is 1.18. The maximum atomic E-state index is 10.5. The van der Waals surface area contributed by atoms with E-state index in [9.17, 15) is 4.79 Å². The summed E-state index contributed by atoms with van der Waals surface area (Å²) >= 11 is 0. The minimum absolute atomic E-state index is 0.156. The Balaban J connectivity index is 2.02. The second-order valence-corrected chi connectivity index (χ2v) is 3.63. The van der Waals surface area contributed by atoms with Crippen molar-refractivity contribution in [3.8, 4) is 0 Å². The molecule has 4 nitrogen and oxygen atoms in total. The zero-order chi connectivity index (χ0) is 8.06. The third-order valence-corrected chi connectivity index (χ3v) is 2.78. The van der Waals surface area contributed by atoms with Crippen molar-refractivity contribution in [3.05, 3.63) is 0 Å². The number of hydrogen-bond donors (Lipinski definition) is 2. The molecule has 2 atom stereocenters. The van der Waals surface area contributed by atoms with Gasteiger partial charge in [0.2, 0.25) is 0 Å². The summed E-state index contributed by atoms with van der Waals surface area (Å²) in [6.07, 6.45) is 1.12. The van der Waals surface area contributed by atoms with Crippen molar-refractivity contribution < 1.29 is 9.90 Å². The molecule has 0 radical (unpaired) electrons. The Hall–Kier alpha value is -0.770. The third-order valence-electron chi connectivity index (χ3n) is 2.78. The topological polar surface area (TPSA) is 66.6 Å². The minimum Gasteiger partial charge on any atom is -0.465 e. The molecule has 2 fully saturated rings. The van der Waals surface area contributed by atoms with E-state index in [0.29, 0.717) is 19.0 Å². The molecule has 3 N–H and O–H groups in total. The van der Waals surface area contributed by atoms with E-state index in [0.717, 1.165) is 12.8 Å². The van der Waals surface area contributed by atoms with Gasteiger partial charge in [-0.25, -0.2) is 4.79 Å². The molecule has 2 unspecified atom stereocenters. The van der Waals surface area contributed by atoms with Crippen LogP contribution in [0.4, 0.5) is 4.79 Å². The van der Waals surface area contributed by atoms with Gasteiger partial charge in [-0.1, -0.05) is 0 Å². The first kappa shape index (κ1) is 6.91. The van der Waals surface area contributed by atoms with Crippen molar-refractivity contribution >= 4 is 6.09 Å². The Morgan fingerprint density at radius 1 is 1.73 bits per heavy atom. The van der Waals surface area contributed by atoms with Crippen molar-refractivity contribution in [2.45, 2.75) is 18.4 Å². The molecule has 1 saturated heterocycles. The predicted molar refractivity (Wildman–Crippen MR) is 39.2 cm³/mol. The van der Waals surface area contributed by atoms with Crippen LogP contribution in [0.5, 0.6) is 0 Å². The molecule has 0 aromatic heterocycles. The lowest BCUT2D eigenvalue weighted by Crippen LogP contribution is -2.47. The van der Waals surface area contributed by atoms with E-state index >= 15 is 0 Å². The molecule has 0 aromatic carbocycles. The van der Waals surface area contributed by atoms with Crippen molar-refractivity contribution in [3.63, 3.8) is 0 Å². The fourth-order valence-corrected chi connectivity index (χ4v) is 1.89. The van der Waals surface area contributed by atoms with Gasteiger partial charge in [-0.2, -0.15) is 0 Å². The largest absolute Gasteiger partial charge is 0.465 e. The van der Waals surface area contributed by atoms with E-state index in [2.05, 4.69) is 0 Å². The first-order valence-corrected chi connectivity index (χ1v) is 3.88. The van der Waals surface area contributed by atoms with Crippen molar-refractivity contribution in [1.82, 2.24) is 4.90 Å². The van der Waals surface area contributed by atoms with Crippen LogP contribution in [0.25, 0.3) is 0 Å². The fourth-order valence-electron chi connectivity index (χ4n) is 1.89. The number of fused-ring (bicyclic) bond motifs is 1. The van der Waals surface area contributed by atoms with Gasteiger partial charge in [0.05, 0.1) is 0 Å². The van der Waals surface area contributed by atoms with Crippen LogP contribution < -0.4 is 5.73 Å². The van der Waals surface area contributed by atoms with Gasteiger partial charge in [-0.3, -0.25) is 0 Å². The molecule has 1 saturated carbocycles. The molecule has 1 aliphatic heterocycles. The average molecular weight is 156 g/mol. The molecule has 0 aromatic rings. The molecule has 11 heavy (non-hydrogen) atoms. The molecule has 62 valence electrons. The zero-order valence-electron chi connectivity index (χ0n) is 6.29. The molecule has 2 aliphatic rings. The van der Waals surface area contributed by atoms with Gasteiger partial charge < -0.3 is 15.7 Å². The van der Waals surface area contributed by atoms with E-state index < -0.39 is 6.09 Å². The maximum absolute atomic E-state index is 10.5. The highest BCUT2D eigenvalue weighted by Crippen LogP contribution is 2.46. The van der Waals surface area contributed by atoms with Crippen LogP contribution >= 0.6 is 0 Å². The van der Waals surface area contributed by atoms with Crippen LogP contribution in [0.15, 0.2) is 0 Å². The first-order valence-electron chi connectivity index (χ1n) is 3.88. The molecule has 1 heterocycles. The van der Waals surface area contributed by atoms with Gasteiger partial charge in [0.1, 0.15) is 0 Å². The van der Waals surface area contributed by atoms with Crippen LogP contribution in [0, 0.1) is 5.92 Å². The molecule has 1 aliphatic carbocycles. The molecular formula is C7H12N2O2. The highest BCUT2D eigenvalue weighted by atomic mass is 16.4. The van der Waals surface area contributed by atoms with Crippen LogP contribution in [-0.2, 0) is 0 Å². The lowest BCUT2D eigenvalue weighted by Gasteiger charge is -2.27. The van der Waals surface area contributed by atoms with Gasteiger partial charge >= 0.3 is 6.09 Å². The summed E-state index contributed by atoms with van der Waals surface area (Å²) in [6, 6.07) is 0. The quantitative estimate of drug-likeness (QED) is 0.522. The number of likely N-dealkylation sites (tertiary alicyclic amines) is 1. The molecule has 1 amide bonds. The standard InChI is InChI=1S/C7H12N2O2/c8-7-3-5(7)1-2-9(4-7)6(10)11/h5H,1-4,8H2,(H,10,11). The smallest absolute Gasteiger partial charge is 0.407 e. The second-order valence-electron chi connectivity index (χ2n) is 3.63. The molecular weight excluding hydrogens is 144 g/mol. The van der Waals surface area contributed by atoms with Crippen molar-refractivity contribution in [2.75, 3.05) is 13.1 Å². The Labute approximate surface area is 65.0 Å². The molecule has 4 heteroatoms. The van der Waals surface area contributed by atoms with E-state index in [1.54, 1.807) is 0 Å². The number of carboxylic acid groups (broad SMARTS) is 1. The molecule has 0 spiro atoms. The summed E-state index contributed by atoms with van der Waals surface area (Å²) in [6.45, 7) is 1.20. The van der Waals surface area contributed by atoms with E-state index in [-0.39, 0.29) is 5.54 Å². The van der Waals surface area contributed by atoms with Crippen LogP contribution in [-0.4, -0.2) is 34.7 Å². The number of amides is 1. The number of carbonyl (C=O) groups is 1. The fraction of sp³-hybridized carbons (Fsp3) is 0.857. The van der Waals surface area contributed by atoms with Crippen LogP contribution in [0.1, 0.15) is 12.8 Å². The van der Waals surface area contributed by atoms with Gasteiger partial charge in [-0.15, -0.1) is 0 Å². The summed E-state index contributed by atoms with van der Waals surface area (Å²) in [5.41, 5.74) is 5.72. The number of nitrogens with zero attached hydrogens (tertiary/aromatic N) is 1. The van der Waals surface area contributed by atoms with Gasteiger partial charge in [0.25, 0.3) is 0 Å². The summed E-state index contributed by atoms with van der Waals surface area (Å²) < 4.78 is 0. The lowest BCUT2D eigenvalue weighted by molar-refractivity contribution is 0.129. The van der Waals surface area contributed by atoms with Gasteiger partial charge in [-0.05, 0) is 18.8 Å². The number of piperidine rings is 1. The van der Waals surface area contributed by atoms with E-state index in [1.165, 1.54) is 4.90 Å². The Bertz CT molecular complexity index is 207.